The summed E-state index contributed by atoms with van der Waals surface area (Å²) in [5.74, 6) is 3.17. The van der Waals surface area contributed by atoms with Gasteiger partial charge in [-0.15, -0.1) is 0 Å². The van der Waals surface area contributed by atoms with Crippen molar-refractivity contribution in [3.63, 3.8) is 0 Å². The van der Waals surface area contributed by atoms with Gasteiger partial charge in [0.05, 0.1) is 19.3 Å². The Labute approximate surface area is 149 Å². The summed E-state index contributed by atoms with van der Waals surface area (Å²) >= 11 is 0. The highest BCUT2D eigenvalue weighted by Gasteiger charge is 2.23. The van der Waals surface area contributed by atoms with Crippen molar-refractivity contribution in [3.05, 3.63) is 29.6 Å². The predicted molar refractivity (Wildman–Crippen MR) is 94.0 cm³/mol. The first-order valence-corrected chi connectivity index (χ1v) is 9.16. The highest BCUT2D eigenvalue weighted by Crippen LogP contribution is 2.22. The lowest BCUT2D eigenvalue weighted by molar-refractivity contribution is 0.175. The van der Waals surface area contributed by atoms with Gasteiger partial charge in [-0.1, -0.05) is 32.9 Å². The van der Waals surface area contributed by atoms with Crippen LogP contribution in [0, 0.1) is 0 Å². The van der Waals surface area contributed by atoms with E-state index >= 15 is 0 Å². The van der Waals surface area contributed by atoms with Gasteiger partial charge < -0.3 is 14.3 Å². The zero-order chi connectivity index (χ0) is 17.9. The van der Waals surface area contributed by atoms with Crippen LogP contribution in [0.1, 0.15) is 63.9 Å². The maximum absolute atomic E-state index is 5.86. The van der Waals surface area contributed by atoms with Crippen molar-refractivity contribution in [2.24, 2.45) is 0 Å². The van der Waals surface area contributed by atoms with Crippen molar-refractivity contribution < 1.29 is 8.94 Å². The molecule has 3 heterocycles. The minimum Gasteiger partial charge on any atom is -0.444 e. The van der Waals surface area contributed by atoms with Crippen molar-refractivity contribution >= 4 is 0 Å². The van der Waals surface area contributed by atoms with E-state index in [0.717, 1.165) is 56.4 Å². The van der Waals surface area contributed by atoms with Gasteiger partial charge in [0.15, 0.2) is 5.82 Å². The molecule has 1 N–H and O–H groups in total. The smallest absolute Gasteiger partial charge is 0.226 e. The van der Waals surface area contributed by atoms with Gasteiger partial charge in [-0.2, -0.15) is 4.98 Å². The predicted octanol–water partition coefficient (Wildman–Crippen LogP) is 2.67. The van der Waals surface area contributed by atoms with Gasteiger partial charge in [0.25, 0.3) is 0 Å². The van der Waals surface area contributed by atoms with Crippen molar-refractivity contribution in [1.82, 2.24) is 25.3 Å². The van der Waals surface area contributed by atoms with Crippen molar-refractivity contribution in [3.8, 4) is 0 Å². The Hall–Kier alpha value is -1.73. The molecule has 1 atom stereocenters. The first kappa shape index (κ1) is 18.1. The minimum absolute atomic E-state index is 0.00513. The van der Waals surface area contributed by atoms with Crippen LogP contribution in [0.25, 0.3) is 0 Å². The third-order valence-corrected chi connectivity index (χ3v) is 4.52. The van der Waals surface area contributed by atoms with Crippen LogP contribution >= 0.6 is 0 Å². The Morgan fingerprint density at radius 2 is 2.16 bits per heavy atom. The first-order chi connectivity index (χ1) is 11.9. The second kappa shape index (κ2) is 7.66. The van der Waals surface area contributed by atoms with Gasteiger partial charge in [0.2, 0.25) is 11.8 Å². The Morgan fingerprint density at radius 1 is 1.32 bits per heavy atom. The number of aryl methyl sites for hydroxylation is 1. The molecular formula is C18H29N5O2. The highest BCUT2D eigenvalue weighted by atomic mass is 16.5. The zero-order valence-corrected chi connectivity index (χ0v) is 15.7. The molecule has 0 amide bonds. The lowest BCUT2D eigenvalue weighted by Crippen LogP contribution is -2.45. The van der Waals surface area contributed by atoms with E-state index in [1.165, 1.54) is 0 Å². The van der Waals surface area contributed by atoms with Crippen LogP contribution in [0.3, 0.4) is 0 Å². The molecule has 7 heteroatoms. The molecular weight excluding hydrogens is 318 g/mol. The lowest BCUT2D eigenvalue weighted by Gasteiger charge is -2.32. The number of hydrogen-bond donors (Lipinski definition) is 1. The summed E-state index contributed by atoms with van der Waals surface area (Å²) in [5.41, 5.74) is -0.00513. The zero-order valence-electron chi connectivity index (χ0n) is 15.7. The summed E-state index contributed by atoms with van der Waals surface area (Å²) in [7, 11) is 0. The van der Waals surface area contributed by atoms with E-state index in [1.54, 1.807) is 0 Å². The SMILES string of the molecule is CCc1nc(CN2CCCC(NCc3ncc(C(C)(C)C)o3)C2)no1. The molecule has 138 valence electrons. The topological polar surface area (TPSA) is 80.2 Å². The van der Waals surface area contributed by atoms with Crippen molar-refractivity contribution in [2.45, 2.75) is 71.5 Å². The van der Waals surface area contributed by atoms with Crippen LogP contribution in [-0.4, -0.2) is 39.2 Å². The average Bonchev–Trinajstić information content (AvgIpc) is 3.22. The summed E-state index contributed by atoms with van der Waals surface area (Å²) in [6.45, 7) is 11.9. The van der Waals surface area contributed by atoms with Gasteiger partial charge in [-0.25, -0.2) is 4.98 Å². The standard InChI is InChI=1S/C18H29N5O2/c1-5-16-21-15(22-25-16)12-23-8-6-7-13(11-23)19-10-17-20-9-14(24-17)18(2,3)4/h9,13,19H,5-8,10-12H2,1-4H3. The van der Waals surface area contributed by atoms with Gasteiger partial charge in [-0.05, 0) is 19.4 Å². The third-order valence-electron chi connectivity index (χ3n) is 4.52. The molecule has 7 nitrogen and oxygen atoms in total. The third kappa shape index (κ3) is 4.89. The summed E-state index contributed by atoms with van der Waals surface area (Å²) in [5, 5.41) is 7.62. The van der Waals surface area contributed by atoms with Crippen molar-refractivity contribution in [1.29, 1.82) is 0 Å². The Balaban J connectivity index is 1.49. The molecule has 2 aromatic heterocycles. The maximum Gasteiger partial charge on any atom is 0.226 e. The molecule has 1 saturated heterocycles. The molecule has 1 fully saturated rings. The average molecular weight is 347 g/mol. The number of nitrogens with zero attached hydrogens (tertiary/aromatic N) is 4. The molecule has 2 aromatic rings. The van der Waals surface area contributed by atoms with E-state index in [0.29, 0.717) is 18.5 Å². The van der Waals surface area contributed by atoms with Gasteiger partial charge in [0.1, 0.15) is 5.76 Å². The lowest BCUT2D eigenvalue weighted by atomic mass is 9.94. The van der Waals surface area contributed by atoms with Gasteiger partial charge in [-0.3, -0.25) is 4.90 Å². The first-order valence-electron chi connectivity index (χ1n) is 9.16. The molecule has 0 saturated carbocycles. The van der Waals surface area contributed by atoms with Crippen molar-refractivity contribution in [2.75, 3.05) is 13.1 Å². The van der Waals surface area contributed by atoms with Crippen LogP contribution in [0.2, 0.25) is 0 Å². The fraction of sp³-hybridized carbons (Fsp3) is 0.722. The fourth-order valence-corrected chi connectivity index (χ4v) is 3.03. The van der Waals surface area contributed by atoms with E-state index in [9.17, 15) is 0 Å². The van der Waals surface area contributed by atoms with E-state index in [2.05, 4.69) is 46.1 Å². The van der Waals surface area contributed by atoms with Crippen LogP contribution in [0.5, 0.6) is 0 Å². The number of piperidine rings is 1. The summed E-state index contributed by atoms with van der Waals surface area (Å²) < 4.78 is 11.1. The van der Waals surface area contributed by atoms with Crippen LogP contribution in [0.15, 0.2) is 15.1 Å². The van der Waals surface area contributed by atoms with Crippen LogP contribution in [0.4, 0.5) is 0 Å². The summed E-state index contributed by atoms with van der Waals surface area (Å²) in [4.78, 5) is 11.2. The van der Waals surface area contributed by atoms with E-state index in [4.69, 9.17) is 8.94 Å². The minimum atomic E-state index is -0.00513. The number of oxazole rings is 1. The Kier molecular flexibility index (Phi) is 5.54. The van der Waals surface area contributed by atoms with Crippen LogP contribution in [-0.2, 0) is 24.9 Å². The molecule has 1 aliphatic heterocycles. The van der Waals surface area contributed by atoms with Gasteiger partial charge in [0, 0.05) is 24.4 Å². The molecule has 1 aliphatic rings. The number of likely N-dealkylation sites (tertiary alicyclic amines) is 1. The second-order valence-electron chi connectivity index (χ2n) is 7.78. The highest BCUT2D eigenvalue weighted by molar-refractivity contribution is 5.06. The Morgan fingerprint density at radius 3 is 2.84 bits per heavy atom. The molecule has 0 spiro atoms. The molecule has 0 aromatic carbocycles. The van der Waals surface area contributed by atoms with E-state index < -0.39 is 0 Å². The maximum atomic E-state index is 5.86. The van der Waals surface area contributed by atoms with Crippen LogP contribution < -0.4 is 5.32 Å². The molecule has 0 aliphatic carbocycles. The second-order valence-corrected chi connectivity index (χ2v) is 7.78. The number of aromatic nitrogens is 3. The molecule has 0 bridgehead atoms. The summed E-state index contributed by atoms with van der Waals surface area (Å²) in [6, 6.07) is 0.427. The molecule has 25 heavy (non-hydrogen) atoms. The molecule has 0 radical (unpaired) electrons. The monoisotopic (exact) mass is 347 g/mol. The number of rotatable bonds is 6. The van der Waals surface area contributed by atoms with E-state index in [-0.39, 0.29) is 5.41 Å². The van der Waals surface area contributed by atoms with E-state index in [1.807, 2.05) is 13.1 Å². The normalized spacial score (nSPS) is 19.4. The summed E-state index contributed by atoms with van der Waals surface area (Å²) in [6.07, 6.45) is 4.94. The molecule has 1 unspecified atom stereocenters. The fourth-order valence-electron chi connectivity index (χ4n) is 3.03. The molecule has 3 rings (SSSR count). The quantitative estimate of drug-likeness (QED) is 0.860. The number of nitrogens with one attached hydrogen (secondary N) is 1. The van der Waals surface area contributed by atoms with Gasteiger partial charge >= 0.3 is 0 Å². The Bertz CT molecular complexity index is 673. The number of hydrogen-bond acceptors (Lipinski definition) is 7. The largest absolute Gasteiger partial charge is 0.444 e.